The van der Waals surface area contributed by atoms with E-state index in [1.165, 1.54) is 12.8 Å². The van der Waals surface area contributed by atoms with Crippen molar-refractivity contribution in [3.63, 3.8) is 0 Å². The molecule has 0 unspecified atom stereocenters. The van der Waals surface area contributed by atoms with Gasteiger partial charge in [-0.15, -0.1) is 5.10 Å². The van der Waals surface area contributed by atoms with Gasteiger partial charge in [-0.05, 0) is 50.3 Å². The van der Waals surface area contributed by atoms with Crippen LogP contribution in [0.25, 0.3) is 28.0 Å². The van der Waals surface area contributed by atoms with E-state index in [2.05, 4.69) is 22.2 Å². The van der Waals surface area contributed by atoms with Gasteiger partial charge in [0.1, 0.15) is 0 Å². The highest BCUT2D eigenvalue weighted by Crippen LogP contribution is 2.36. The molecule has 28 heavy (non-hydrogen) atoms. The zero-order valence-electron chi connectivity index (χ0n) is 16.1. The maximum Gasteiger partial charge on any atom is 0.223 e. The number of nitrogen functional groups attached to an aromatic ring is 1. The van der Waals surface area contributed by atoms with E-state index in [1.807, 2.05) is 44.2 Å². The summed E-state index contributed by atoms with van der Waals surface area (Å²) in [5, 5.41) is 4.66. The van der Waals surface area contributed by atoms with E-state index in [1.54, 1.807) is 4.52 Å². The largest absolute Gasteiger partial charge is 0.368 e. The van der Waals surface area contributed by atoms with Crippen LogP contribution in [-0.4, -0.2) is 24.6 Å². The van der Waals surface area contributed by atoms with Gasteiger partial charge in [-0.3, -0.25) is 4.98 Å². The Kier molecular flexibility index (Phi) is 3.86. The second-order valence-corrected chi connectivity index (χ2v) is 7.61. The number of hydrogen-bond acceptors (Lipinski definition) is 5. The summed E-state index contributed by atoms with van der Waals surface area (Å²) < 4.78 is 1.69. The molecule has 0 atom stereocenters. The number of nitrogens with two attached hydrogens (primary N) is 1. The first kappa shape index (κ1) is 16.9. The molecule has 140 valence electrons. The van der Waals surface area contributed by atoms with Gasteiger partial charge in [-0.1, -0.05) is 30.3 Å². The number of hydrogen-bond donors (Lipinski definition) is 1. The topological polar surface area (TPSA) is 82.0 Å². The average molecular weight is 370 g/mol. The highest BCUT2D eigenvalue weighted by atomic mass is 15.3. The van der Waals surface area contributed by atoms with Gasteiger partial charge in [0, 0.05) is 23.4 Å². The predicted molar refractivity (Wildman–Crippen MR) is 110 cm³/mol. The van der Waals surface area contributed by atoms with Gasteiger partial charge in [-0.2, -0.15) is 4.52 Å². The fourth-order valence-electron chi connectivity index (χ4n) is 3.72. The molecule has 1 fully saturated rings. The van der Waals surface area contributed by atoms with E-state index < -0.39 is 0 Å². The molecule has 3 heterocycles. The minimum atomic E-state index is 0.356. The lowest BCUT2D eigenvalue weighted by atomic mass is 9.99. The number of rotatable bonds is 4. The van der Waals surface area contributed by atoms with Gasteiger partial charge < -0.3 is 5.73 Å². The summed E-state index contributed by atoms with van der Waals surface area (Å²) in [5.74, 6) is 1.90. The van der Waals surface area contributed by atoms with Crippen LogP contribution in [0.1, 0.15) is 30.1 Å². The van der Waals surface area contributed by atoms with E-state index >= 15 is 0 Å². The summed E-state index contributed by atoms with van der Waals surface area (Å²) in [5.41, 5.74) is 12.8. The van der Waals surface area contributed by atoms with Crippen LogP contribution in [0.2, 0.25) is 0 Å². The van der Waals surface area contributed by atoms with Crippen molar-refractivity contribution in [2.24, 2.45) is 5.92 Å². The Morgan fingerprint density at radius 2 is 1.68 bits per heavy atom. The lowest BCUT2D eigenvalue weighted by Crippen LogP contribution is -2.06. The fourth-order valence-corrected chi connectivity index (χ4v) is 3.72. The zero-order valence-corrected chi connectivity index (χ0v) is 16.1. The highest BCUT2D eigenvalue weighted by Gasteiger charge is 2.25. The van der Waals surface area contributed by atoms with Gasteiger partial charge in [0.2, 0.25) is 5.95 Å². The van der Waals surface area contributed by atoms with E-state index in [0.29, 0.717) is 11.9 Å². The van der Waals surface area contributed by atoms with Gasteiger partial charge in [0.05, 0.1) is 11.3 Å². The van der Waals surface area contributed by atoms with Crippen molar-refractivity contribution in [1.82, 2.24) is 24.6 Å². The molecule has 6 heteroatoms. The van der Waals surface area contributed by atoms with Crippen LogP contribution in [0.4, 0.5) is 5.95 Å². The van der Waals surface area contributed by atoms with Crippen LogP contribution in [0, 0.1) is 19.8 Å². The van der Waals surface area contributed by atoms with Crippen molar-refractivity contribution >= 4 is 11.6 Å². The molecule has 1 aliphatic carbocycles. The number of aryl methyl sites for hydroxylation is 2. The molecule has 0 aliphatic heterocycles. The van der Waals surface area contributed by atoms with Crippen molar-refractivity contribution in [2.45, 2.75) is 33.1 Å². The Morgan fingerprint density at radius 1 is 0.964 bits per heavy atom. The molecule has 0 spiro atoms. The number of aromatic nitrogens is 5. The van der Waals surface area contributed by atoms with Crippen molar-refractivity contribution in [3.8, 4) is 22.4 Å². The van der Waals surface area contributed by atoms with Crippen LogP contribution < -0.4 is 5.73 Å². The number of pyridine rings is 1. The molecule has 0 radical (unpaired) electrons. The summed E-state index contributed by atoms with van der Waals surface area (Å²) >= 11 is 0. The second-order valence-electron chi connectivity index (χ2n) is 7.61. The normalized spacial score (nSPS) is 13.9. The van der Waals surface area contributed by atoms with E-state index in [-0.39, 0.29) is 0 Å². The molecule has 1 aliphatic rings. The second kappa shape index (κ2) is 6.41. The fraction of sp³-hybridized carbons (Fsp3) is 0.273. The maximum absolute atomic E-state index is 6.30. The monoisotopic (exact) mass is 370 g/mol. The third-order valence-corrected chi connectivity index (χ3v) is 5.14. The molecule has 1 saturated carbocycles. The lowest BCUT2D eigenvalue weighted by molar-refractivity contribution is 0.762. The van der Waals surface area contributed by atoms with Crippen molar-refractivity contribution in [1.29, 1.82) is 0 Å². The molecule has 4 aromatic rings. The summed E-state index contributed by atoms with van der Waals surface area (Å²) in [6.45, 7) is 4.01. The summed E-state index contributed by atoms with van der Waals surface area (Å²) in [4.78, 5) is 14.1. The number of nitrogens with zero attached hydrogens (tertiary/aromatic N) is 5. The standard InChI is InChI=1S/C22H22N6/c1-13-10-17(11-14(2)24-13)19-20(16-6-4-3-5-7-16)26-22(23)28-21(19)25-18(27-28)12-15-8-9-15/h3-7,10-11,15H,8-9,12H2,1-2H3,(H2,23,26). The smallest absolute Gasteiger partial charge is 0.223 e. The third kappa shape index (κ3) is 3.01. The predicted octanol–water partition coefficient (Wildman–Crippen LogP) is 4.00. The Bertz CT molecular complexity index is 1150. The van der Waals surface area contributed by atoms with Gasteiger partial charge in [-0.25, -0.2) is 9.97 Å². The van der Waals surface area contributed by atoms with Gasteiger partial charge in [0.25, 0.3) is 0 Å². The summed E-state index contributed by atoms with van der Waals surface area (Å²) in [6, 6.07) is 14.2. The molecule has 1 aromatic carbocycles. The third-order valence-electron chi connectivity index (χ3n) is 5.14. The summed E-state index contributed by atoms with van der Waals surface area (Å²) in [6.07, 6.45) is 3.41. The molecular formula is C22H22N6. The highest BCUT2D eigenvalue weighted by molar-refractivity contribution is 5.90. The van der Waals surface area contributed by atoms with Crippen LogP contribution in [0.5, 0.6) is 0 Å². The SMILES string of the molecule is Cc1cc(-c2c(-c3ccccc3)nc(N)n3nc(CC4CC4)nc23)cc(C)n1. The van der Waals surface area contributed by atoms with E-state index in [9.17, 15) is 0 Å². The van der Waals surface area contributed by atoms with Crippen molar-refractivity contribution in [2.75, 3.05) is 5.73 Å². The Morgan fingerprint density at radius 3 is 2.36 bits per heavy atom. The molecule has 0 saturated heterocycles. The van der Waals surface area contributed by atoms with Gasteiger partial charge in [0.15, 0.2) is 11.5 Å². The number of fused-ring (bicyclic) bond motifs is 1. The van der Waals surface area contributed by atoms with Crippen LogP contribution in [0.3, 0.4) is 0 Å². The zero-order chi connectivity index (χ0) is 19.3. The molecule has 3 aromatic heterocycles. The van der Waals surface area contributed by atoms with E-state index in [4.69, 9.17) is 15.7 Å². The van der Waals surface area contributed by atoms with Gasteiger partial charge >= 0.3 is 0 Å². The Labute approximate surface area is 163 Å². The molecule has 2 N–H and O–H groups in total. The Balaban J connectivity index is 1.82. The first-order valence-corrected chi connectivity index (χ1v) is 9.64. The molecule has 0 amide bonds. The van der Waals surface area contributed by atoms with Crippen molar-refractivity contribution < 1.29 is 0 Å². The lowest BCUT2D eigenvalue weighted by Gasteiger charge is -2.13. The number of benzene rings is 1. The summed E-state index contributed by atoms with van der Waals surface area (Å²) in [7, 11) is 0. The molecule has 5 rings (SSSR count). The average Bonchev–Trinajstić information content (AvgIpc) is 3.37. The van der Waals surface area contributed by atoms with E-state index in [0.717, 1.165) is 51.7 Å². The molecule has 6 nitrogen and oxygen atoms in total. The maximum atomic E-state index is 6.30. The molecular weight excluding hydrogens is 348 g/mol. The minimum absolute atomic E-state index is 0.356. The Hall–Kier alpha value is -3.28. The quantitative estimate of drug-likeness (QED) is 0.587. The van der Waals surface area contributed by atoms with Crippen LogP contribution in [0.15, 0.2) is 42.5 Å². The first-order valence-electron chi connectivity index (χ1n) is 9.64. The number of anilines is 1. The van der Waals surface area contributed by atoms with Crippen molar-refractivity contribution in [3.05, 3.63) is 59.7 Å². The molecule has 0 bridgehead atoms. The first-order chi connectivity index (χ1) is 13.6. The van der Waals surface area contributed by atoms with Crippen LogP contribution in [-0.2, 0) is 6.42 Å². The van der Waals surface area contributed by atoms with Crippen LogP contribution >= 0.6 is 0 Å². The minimum Gasteiger partial charge on any atom is -0.368 e.